The molecule has 0 saturated carbocycles. The second-order valence-corrected chi connectivity index (χ2v) is 7.22. The van der Waals surface area contributed by atoms with Crippen molar-refractivity contribution in [1.29, 1.82) is 0 Å². The van der Waals surface area contributed by atoms with E-state index in [1.807, 2.05) is 18.2 Å². The van der Waals surface area contributed by atoms with E-state index in [0.717, 1.165) is 49.3 Å². The highest BCUT2D eigenvalue weighted by Crippen LogP contribution is 2.22. The van der Waals surface area contributed by atoms with Crippen molar-refractivity contribution in [2.45, 2.75) is 33.1 Å². The summed E-state index contributed by atoms with van der Waals surface area (Å²) in [7, 11) is 0. The molecule has 0 radical (unpaired) electrons. The number of nitrogens with one attached hydrogen (secondary N) is 1. The molecule has 3 rings (SSSR count). The van der Waals surface area contributed by atoms with Crippen LogP contribution in [0.1, 0.15) is 33.1 Å². The highest BCUT2D eigenvalue weighted by atomic mass is 35.5. The van der Waals surface area contributed by atoms with Gasteiger partial charge < -0.3 is 14.6 Å². The molecule has 0 fully saturated rings. The zero-order valence-corrected chi connectivity index (χ0v) is 16.8. The first-order valence-corrected chi connectivity index (χ1v) is 10.1. The van der Waals surface area contributed by atoms with E-state index in [4.69, 9.17) is 16.3 Å². The number of fused-ring (bicyclic) bond motifs is 2. The average Bonchev–Trinajstić information content (AvgIpc) is 2.67. The Morgan fingerprint density at radius 3 is 2.41 bits per heavy atom. The fraction of sp³-hybridized carbons (Fsp3) is 0.409. The number of nitrogens with zero attached hydrogens (tertiary/aromatic N) is 1. The summed E-state index contributed by atoms with van der Waals surface area (Å²) < 4.78 is 5.89. The molecular weight excluding hydrogens is 360 g/mol. The molecule has 1 aromatic heterocycles. The summed E-state index contributed by atoms with van der Waals surface area (Å²) in [6.07, 6.45) is 3.38. The molecule has 0 aliphatic rings. The van der Waals surface area contributed by atoms with Crippen molar-refractivity contribution >= 4 is 33.4 Å². The molecule has 0 aliphatic heterocycles. The van der Waals surface area contributed by atoms with Gasteiger partial charge in [-0.25, -0.2) is 0 Å². The second kappa shape index (κ2) is 9.25. The van der Waals surface area contributed by atoms with E-state index in [1.165, 1.54) is 6.42 Å². The van der Waals surface area contributed by atoms with Gasteiger partial charge in [-0.1, -0.05) is 25.4 Å². The normalized spacial score (nSPS) is 11.6. The molecule has 2 aromatic carbocycles. The Hall–Kier alpha value is -2.04. The Kier molecular flexibility index (Phi) is 6.75. The molecule has 0 amide bonds. The van der Waals surface area contributed by atoms with Crippen LogP contribution < -0.4 is 10.2 Å². The Morgan fingerprint density at radius 1 is 0.963 bits per heavy atom. The van der Waals surface area contributed by atoms with Gasteiger partial charge in [0.1, 0.15) is 5.75 Å². The molecule has 0 aliphatic carbocycles. The van der Waals surface area contributed by atoms with Gasteiger partial charge in [0.15, 0.2) is 5.43 Å². The van der Waals surface area contributed by atoms with Crippen molar-refractivity contribution in [3.63, 3.8) is 0 Å². The first-order chi connectivity index (χ1) is 13.1. The number of aromatic nitrogens is 1. The van der Waals surface area contributed by atoms with Crippen molar-refractivity contribution < 1.29 is 4.74 Å². The van der Waals surface area contributed by atoms with Crippen LogP contribution in [-0.4, -0.2) is 36.1 Å². The molecule has 0 atom stereocenters. The molecule has 3 aromatic rings. The van der Waals surface area contributed by atoms with Crippen molar-refractivity contribution in [1.82, 2.24) is 9.88 Å². The third-order valence-electron chi connectivity index (χ3n) is 5.01. The topological polar surface area (TPSA) is 45.3 Å². The van der Waals surface area contributed by atoms with E-state index in [2.05, 4.69) is 23.7 Å². The van der Waals surface area contributed by atoms with E-state index in [1.54, 1.807) is 18.2 Å². The standard InChI is InChI=1S/C22H27ClN2O2/c1-3-25(4-2)12-6-5-7-13-27-17-9-11-19-21(15-17)24-20-14-16(23)8-10-18(20)22(19)26/h8-11,14-15H,3-7,12-13H2,1-2H3,(H,24,26). The maximum Gasteiger partial charge on any atom is 0.197 e. The summed E-state index contributed by atoms with van der Waals surface area (Å²) in [5.41, 5.74) is 1.53. The molecule has 144 valence electrons. The quantitative estimate of drug-likeness (QED) is 0.404. The number of benzene rings is 2. The summed E-state index contributed by atoms with van der Waals surface area (Å²) >= 11 is 6.05. The first-order valence-electron chi connectivity index (χ1n) is 9.72. The van der Waals surface area contributed by atoms with Crippen molar-refractivity contribution in [2.75, 3.05) is 26.2 Å². The Labute approximate surface area is 165 Å². The number of aromatic amines is 1. The summed E-state index contributed by atoms with van der Waals surface area (Å²) in [5, 5.41) is 1.92. The number of H-pyrrole nitrogens is 1. The maximum absolute atomic E-state index is 12.6. The molecule has 5 heteroatoms. The Balaban J connectivity index is 1.63. The SMILES string of the molecule is CCN(CC)CCCCCOc1ccc2c(=O)c3ccc(Cl)cc3[nH]c2c1. The lowest BCUT2D eigenvalue weighted by molar-refractivity contribution is 0.277. The van der Waals surface area contributed by atoms with E-state index >= 15 is 0 Å². The summed E-state index contributed by atoms with van der Waals surface area (Å²) in [5.74, 6) is 0.781. The lowest BCUT2D eigenvalue weighted by atomic mass is 10.1. The van der Waals surface area contributed by atoms with E-state index in [9.17, 15) is 4.79 Å². The van der Waals surface area contributed by atoms with Gasteiger partial charge in [0, 0.05) is 21.9 Å². The second-order valence-electron chi connectivity index (χ2n) is 6.79. The van der Waals surface area contributed by atoms with Crippen LogP contribution >= 0.6 is 11.6 Å². The number of unbranched alkanes of at least 4 members (excludes halogenated alkanes) is 2. The van der Waals surface area contributed by atoms with Crippen molar-refractivity contribution in [3.05, 3.63) is 51.6 Å². The van der Waals surface area contributed by atoms with Crippen LogP contribution in [0.4, 0.5) is 0 Å². The van der Waals surface area contributed by atoms with E-state index in [-0.39, 0.29) is 5.43 Å². The molecule has 27 heavy (non-hydrogen) atoms. The van der Waals surface area contributed by atoms with Gasteiger partial charge in [0.05, 0.1) is 17.6 Å². The van der Waals surface area contributed by atoms with Crippen LogP contribution in [0.3, 0.4) is 0 Å². The lowest BCUT2D eigenvalue weighted by Crippen LogP contribution is -2.23. The van der Waals surface area contributed by atoms with E-state index < -0.39 is 0 Å². The molecule has 4 nitrogen and oxygen atoms in total. The van der Waals surface area contributed by atoms with Gasteiger partial charge in [0.25, 0.3) is 0 Å². The monoisotopic (exact) mass is 386 g/mol. The largest absolute Gasteiger partial charge is 0.494 e. The predicted octanol–water partition coefficient (Wildman–Crippen LogP) is 5.23. The maximum atomic E-state index is 12.6. The predicted molar refractivity (Wildman–Crippen MR) is 114 cm³/mol. The number of halogens is 1. The van der Waals surface area contributed by atoms with Gasteiger partial charge in [-0.3, -0.25) is 4.79 Å². The summed E-state index contributed by atoms with van der Waals surface area (Å²) in [6.45, 7) is 8.47. The van der Waals surface area contributed by atoms with Gasteiger partial charge in [-0.2, -0.15) is 0 Å². The highest BCUT2D eigenvalue weighted by molar-refractivity contribution is 6.31. The third kappa shape index (κ3) is 4.82. The van der Waals surface area contributed by atoms with Crippen molar-refractivity contribution in [3.8, 4) is 5.75 Å². The van der Waals surface area contributed by atoms with Gasteiger partial charge in [0.2, 0.25) is 0 Å². The minimum Gasteiger partial charge on any atom is -0.494 e. The Morgan fingerprint density at radius 2 is 1.67 bits per heavy atom. The average molecular weight is 387 g/mol. The molecule has 1 N–H and O–H groups in total. The number of hydrogen-bond acceptors (Lipinski definition) is 3. The fourth-order valence-electron chi connectivity index (χ4n) is 3.37. The van der Waals surface area contributed by atoms with Crippen LogP contribution in [0.25, 0.3) is 21.8 Å². The molecule has 1 heterocycles. The first kappa shape index (κ1) is 19.7. The molecule has 0 bridgehead atoms. The number of pyridine rings is 1. The minimum atomic E-state index is 0.0124. The van der Waals surface area contributed by atoms with Crippen molar-refractivity contribution in [2.24, 2.45) is 0 Å². The third-order valence-corrected chi connectivity index (χ3v) is 5.25. The van der Waals surface area contributed by atoms with Crippen LogP contribution in [0.5, 0.6) is 5.75 Å². The van der Waals surface area contributed by atoms with Gasteiger partial charge in [-0.15, -0.1) is 0 Å². The molecule has 0 unspecified atom stereocenters. The van der Waals surface area contributed by atoms with Crippen LogP contribution in [0.15, 0.2) is 41.2 Å². The number of rotatable bonds is 9. The zero-order chi connectivity index (χ0) is 19.2. The van der Waals surface area contributed by atoms with Crippen LogP contribution in [0, 0.1) is 0 Å². The van der Waals surface area contributed by atoms with E-state index in [0.29, 0.717) is 22.4 Å². The number of hydrogen-bond donors (Lipinski definition) is 1. The van der Waals surface area contributed by atoms with Crippen LogP contribution in [-0.2, 0) is 0 Å². The fourth-order valence-corrected chi connectivity index (χ4v) is 3.54. The van der Waals surface area contributed by atoms with Gasteiger partial charge in [-0.05, 0) is 69.2 Å². The number of ether oxygens (including phenoxy) is 1. The summed E-state index contributed by atoms with van der Waals surface area (Å²) in [4.78, 5) is 18.4. The van der Waals surface area contributed by atoms with Crippen LogP contribution in [0.2, 0.25) is 5.02 Å². The molecule has 0 saturated heterocycles. The lowest BCUT2D eigenvalue weighted by Gasteiger charge is -2.17. The molecule has 0 spiro atoms. The smallest absolute Gasteiger partial charge is 0.197 e. The highest BCUT2D eigenvalue weighted by Gasteiger charge is 2.07. The molecular formula is C22H27ClN2O2. The van der Waals surface area contributed by atoms with Gasteiger partial charge >= 0.3 is 0 Å². The zero-order valence-electron chi connectivity index (χ0n) is 16.1. The minimum absolute atomic E-state index is 0.0124. The summed E-state index contributed by atoms with van der Waals surface area (Å²) in [6, 6.07) is 10.9. The Bertz CT molecular complexity index is 964.